The number of piperidine rings is 2. The van der Waals surface area contributed by atoms with Crippen molar-refractivity contribution in [2.45, 2.75) is 71.9 Å². The fourth-order valence-electron chi connectivity index (χ4n) is 3.39. The lowest BCUT2D eigenvalue weighted by Crippen LogP contribution is -2.50. The molecule has 7 heteroatoms. The normalized spacial score (nSPS) is 22.8. The molecule has 0 bridgehead atoms. The van der Waals surface area contributed by atoms with Gasteiger partial charge in [0.2, 0.25) is 11.8 Å². The summed E-state index contributed by atoms with van der Waals surface area (Å²) in [5.41, 5.74) is 1.68. The molecule has 0 aliphatic carbocycles. The van der Waals surface area contributed by atoms with Gasteiger partial charge in [-0.15, -0.1) is 0 Å². The highest BCUT2D eigenvalue weighted by atomic mass is 16.6. The smallest absolute Gasteiger partial charge is 0.410 e. The lowest BCUT2D eigenvalue weighted by molar-refractivity contribution is -0.134. The van der Waals surface area contributed by atoms with Crippen LogP contribution in [0.1, 0.15) is 60.3 Å². The second kappa shape index (κ2) is 9.26. The predicted molar refractivity (Wildman–Crippen MR) is 107 cm³/mol. The number of nitrogens with one attached hydrogen (secondary N) is 2. The van der Waals surface area contributed by atoms with E-state index < -0.39 is 5.60 Å². The monoisotopic (exact) mass is 391 g/mol. The standard InChI is InChI=1S/C21H33N3O4/c1-14(6-7-15(2)22-17-8-9-18(25)23-19(17)26)16-10-12-24(13-11-16)20(27)28-21(3,4)5/h6-7,16-17,22H,8-13H2,1-5H3,(H,23,25,26)/b14-6+,15-7+. The van der Waals surface area contributed by atoms with Crippen LogP contribution in [0.3, 0.4) is 0 Å². The SMILES string of the molecule is C/C(=C\C=C(/C)C1CCN(C(=O)OC(C)(C)C)CC1)NC1CCC(=O)NC1=O. The van der Waals surface area contributed by atoms with Gasteiger partial charge in [-0.3, -0.25) is 14.9 Å². The summed E-state index contributed by atoms with van der Waals surface area (Å²) in [7, 11) is 0. The van der Waals surface area contributed by atoms with Crippen molar-refractivity contribution in [1.82, 2.24) is 15.5 Å². The van der Waals surface area contributed by atoms with Gasteiger partial charge >= 0.3 is 6.09 Å². The topological polar surface area (TPSA) is 87.7 Å². The van der Waals surface area contributed by atoms with E-state index in [9.17, 15) is 14.4 Å². The lowest BCUT2D eigenvalue weighted by Gasteiger charge is -2.33. The fourth-order valence-corrected chi connectivity index (χ4v) is 3.39. The lowest BCUT2D eigenvalue weighted by atomic mass is 9.90. The molecule has 0 aromatic carbocycles. The Kier molecular flexibility index (Phi) is 7.27. The minimum atomic E-state index is -0.471. The molecule has 2 fully saturated rings. The van der Waals surface area contributed by atoms with Gasteiger partial charge in [0.25, 0.3) is 0 Å². The van der Waals surface area contributed by atoms with Gasteiger partial charge in [0, 0.05) is 25.2 Å². The Morgan fingerprint density at radius 3 is 2.36 bits per heavy atom. The van der Waals surface area contributed by atoms with Crippen molar-refractivity contribution in [3.63, 3.8) is 0 Å². The molecule has 2 saturated heterocycles. The Morgan fingerprint density at radius 1 is 1.14 bits per heavy atom. The zero-order valence-corrected chi connectivity index (χ0v) is 17.6. The Balaban J connectivity index is 1.83. The molecule has 2 aliphatic heterocycles. The molecular weight excluding hydrogens is 358 g/mol. The highest BCUT2D eigenvalue weighted by Gasteiger charge is 2.28. The number of likely N-dealkylation sites (tertiary alicyclic amines) is 1. The van der Waals surface area contributed by atoms with Crippen molar-refractivity contribution in [1.29, 1.82) is 0 Å². The third kappa shape index (κ3) is 6.69. The molecule has 0 spiro atoms. The summed E-state index contributed by atoms with van der Waals surface area (Å²) in [6.45, 7) is 11.0. The Labute approximate surface area is 167 Å². The van der Waals surface area contributed by atoms with E-state index in [1.807, 2.05) is 33.8 Å². The van der Waals surface area contributed by atoms with Crippen LogP contribution in [0.2, 0.25) is 0 Å². The molecule has 2 N–H and O–H groups in total. The molecule has 1 unspecified atom stereocenters. The molecule has 3 amide bonds. The summed E-state index contributed by atoms with van der Waals surface area (Å²) in [5.74, 6) is -0.0456. The van der Waals surface area contributed by atoms with Gasteiger partial charge in [0.1, 0.15) is 11.6 Å². The maximum atomic E-state index is 12.2. The number of hydrogen-bond acceptors (Lipinski definition) is 5. The zero-order valence-electron chi connectivity index (χ0n) is 17.6. The van der Waals surface area contributed by atoms with E-state index in [-0.39, 0.29) is 23.9 Å². The molecule has 28 heavy (non-hydrogen) atoms. The van der Waals surface area contributed by atoms with Crippen LogP contribution in [-0.4, -0.2) is 47.5 Å². The highest BCUT2D eigenvalue weighted by Crippen LogP contribution is 2.25. The summed E-state index contributed by atoms with van der Waals surface area (Å²) in [6.07, 6.45) is 6.51. The van der Waals surface area contributed by atoms with E-state index in [1.165, 1.54) is 5.57 Å². The number of imide groups is 1. The van der Waals surface area contributed by atoms with Gasteiger partial charge in [-0.05, 0) is 65.9 Å². The Bertz CT molecular complexity index is 668. The average molecular weight is 392 g/mol. The maximum Gasteiger partial charge on any atom is 0.410 e. The van der Waals surface area contributed by atoms with Crippen LogP contribution in [0.15, 0.2) is 23.4 Å². The van der Waals surface area contributed by atoms with Crippen LogP contribution in [-0.2, 0) is 14.3 Å². The van der Waals surface area contributed by atoms with Crippen molar-refractivity contribution >= 4 is 17.9 Å². The number of carbonyl (C=O) groups excluding carboxylic acids is 3. The van der Waals surface area contributed by atoms with Crippen molar-refractivity contribution in [3.8, 4) is 0 Å². The second-order valence-corrected chi connectivity index (χ2v) is 8.65. The van der Waals surface area contributed by atoms with Crippen LogP contribution < -0.4 is 10.6 Å². The highest BCUT2D eigenvalue weighted by molar-refractivity contribution is 6.00. The Hall–Kier alpha value is -2.31. The van der Waals surface area contributed by atoms with Gasteiger partial charge in [-0.2, -0.15) is 0 Å². The summed E-state index contributed by atoms with van der Waals surface area (Å²) in [4.78, 5) is 37.0. The first-order chi connectivity index (χ1) is 13.0. The first kappa shape index (κ1) is 22.0. The number of nitrogens with zero attached hydrogens (tertiary/aromatic N) is 1. The summed E-state index contributed by atoms with van der Waals surface area (Å²) in [6, 6.07) is -0.361. The quantitative estimate of drug-likeness (QED) is 0.568. The molecular formula is C21H33N3O4. The largest absolute Gasteiger partial charge is 0.444 e. The van der Waals surface area contributed by atoms with Crippen LogP contribution >= 0.6 is 0 Å². The van der Waals surface area contributed by atoms with E-state index in [0.29, 0.717) is 31.8 Å². The molecule has 7 nitrogen and oxygen atoms in total. The third-order valence-corrected chi connectivity index (χ3v) is 5.03. The maximum absolute atomic E-state index is 12.2. The number of rotatable bonds is 4. The van der Waals surface area contributed by atoms with Crippen molar-refractivity contribution < 1.29 is 19.1 Å². The van der Waals surface area contributed by atoms with Gasteiger partial charge in [-0.1, -0.05) is 11.6 Å². The van der Waals surface area contributed by atoms with Crippen LogP contribution in [0.5, 0.6) is 0 Å². The molecule has 2 heterocycles. The first-order valence-electron chi connectivity index (χ1n) is 9.98. The van der Waals surface area contributed by atoms with Gasteiger partial charge in [0.15, 0.2) is 0 Å². The van der Waals surface area contributed by atoms with E-state index in [1.54, 1.807) is 4.90 Å². The molecule has 0 aromatic heterocycles. The molecule has 0 radical (unpaired) electrons. The van der Waals surface area contributed by atoms with Crippen LogP contribution in [0.25, 0.3) is 0 Å². The van der Waals surface area contributed by atoms with Crippen LogP contribution in [0, 0.1) is 5.92 Å². The third-order valence-electron chi connectivity index (χ3n) is 5.03. The van der Waals surface area contributed by atoms with Gasteiger partial charge in [-0.25, -0.2) is 4.79 Å². The number of ether oxygens (including phenoxy) is 1. The average Bonchev–Trinajstić information content (AvgIpc) is 2.61. The second-order valence-electron chi connectivity index (χ2n) is 8.65. The number of carbonyl (C=O) groups is 3. The fraction of sp³-hybridized carbons (Fsp3) is 0.667. The predicted octanol–water partition coefficient (Wildman–Crippen LogP) is 2.88. The van der Waals surface area contributed by atoms with Crippen LogP contribution in [0.4, 0.5) is 4.79 Å². The molecule has 0 aromatic rings. The van der Waals surface area contributed by atoms with E-state index in [0.717, 1.165) is 18.5 Å². The summed E-state index contributed by atoms with van der Waals surface area (Å²) >= 11 is 0. The number of allylic oxidation sites excluding steroid dienone is 4. The molecule has 2 rings (SSSR count). The summed E-state index contributed by atoms with van der Waals surface area (Å²) < 4.78 is 5.44. The first-order valence-corrected chi connectivity index (χ1v) is 9.98. The van der Waals surface area contributed by atoms with Crippen molar-refractivity contribution in [3.05, 3.63) is 23.4 Å². The molecule has 0 saturated carbocycles. The molecule has 2 aliphatic rings. The van der Waals surface area contributed by atoms with E-state index in [2.05, 4.69) is 23.6 Å². The number of amides is 3. The van der Waals surface area contributed by atoms with Crippen molar-refractivity contribution in [2.75, 3.05) is 13.1 Å². The molecule has 156 valence electrons. The van der Waals surface area contributed by atoms with Gasteiger partial charge < -0.3 is 15.0 Å². The van der Waals surface area contributed by atoms with Crippen molar-refractivity contribution in [2.24, 2.45) is 5.92 Å². The Morgan fingerprint density at radius 2 is 1.79 bits per heavy atom. The van der Waals surface area contributed by atoms with Gasteiger partial charge in [0.05, 0.1) is 0 Å². The minimum Gasteiger partial charge on any atom is -0.444 e. The van der Waals surface area contributed by atoms with E-state index >= 15 is 0 Å². The summed E-state index contributed by atoms with van der Waals surface area (Å²) in [5, 5.41) is 5.53. The molecule has 1 atom stereocenters. The van der Waals surface area contributed by atoms with E-state index in [4.69, 9.17) is 4.74 Å². The minimum absolute atomic E-state index is 0.210. The number of hydrogen-bond donors (Lipinski definition) is 2. The zero-order chi connectivity index (χ0) is 20.9.